The van der Waals surface area contributed by atoms with Crippen LogP contribution in [-0.2, 0) is 6.42 Å². The van der Waals surface area contributed by atoms with Gasteiger partial charge in [-0.1, -0.05) is 30.3 Å². The van der Waals surface area contributed by atoms with Gasteiger partial charge in [-0.05, 0) is 36.6 Å². The summed E-state index contributed by atoms with van der Waals surface area (Å²) in [4.78, 5) is 36.2. The molecule has 7 nitrogen and oxygen atoms in total. The molecule has 2 aromatic carbocycles. The number of Topliss-reactive ketones (excluding diaryl/α,β-unsaturated/α-hetero) is 1. The maximum absolute atomic E-state index is 13.0. The van der Waals surface area contributed by atoms with E-state index >= 15 is 0 Å². The van der Waals surface area contributed by atoms with E-state index in [0.29, 0.717) is 17.7 Å². The van der Waals surface area contributed by atoms with Crippen molar-refractivity contribution in [3.8, 4) is 0 Å². The predicted molar refractivity (Wildman–Crippen MR) is 120 cm³/mol. The highest BCUT2D eigenvalue weighted by Crippen LogP contribution is 2.28. The third-order valence-electron chi connectivity index (χ3n) is 5.52. The summed E-state index contributed by atoms with van der Waals surface area (Å²) in [6.45, 7) is 1.56. The molecule has 1 atom stereocenters. The van der Waals surface area contributed by atoms with Crippen LogP contribution in [0.3, 0.4) is 0 Å². The molecule has 158 valence electrons. The summed E-state index contributed by atoms with van der Waals surface area (Å²) in [7, 11) is 0. The second-order valence-corrected chi connectivity index (χ2v) is 7.78. The highest BCUT2D eigenvalue weighted by Gasteiger charge is 2.23. The number of nitrogen functional groups attached to an aromatic ring is 1. The second kappa shape index (κ2) is 9.06. The Labute approximate surface area is 181 Å². The predicted octanol–water partition coefficient (Wildman–Crippen LogP) is 2.64. The monoisotopic (exact) mass is 415 g/mol. The molecule has 31 heavy (non-hydrogen) atoms. The summed E-state index contributed by atoms with van der Waals surface area (Å²) in [6, 6.07) is 14.7. The summed E-state index contributed by atoms with van der Waals surface area (Å²) in [5.74, 6) is -0.224. The highest BCUT2D eigenvalue weighted by atomic mass is 16.1. The third-order valence-corrected chi connectivity index (χ3v) is 5.52. The minimum absolute atomic E-state index is 0.0693. The van der Waals surface area contributed by atoms with Crippen molar-refractivity contribution in [2.75, 3.05) is 23.7 Å². The van der Waals surface area contributed by atoms with E-state index in [0.717, 1.165) is 30.6 Å². The first-order valence-corrected chi connectivity index (χ1v) is 10.4. The zero-order valence-corrected chi connectivity index (χ0v) is 17.2. The third kappa shape index (κ3) is 4.62. The lowest BCUT2D eigenvalue weighted by atomic mass is 9.95. The molecule has 1 aliphatic heterocycles. The number of piperidine rings is 1. The fourth-order valence-electron chi connectivity index (χ4n) is 3.98. The van der Waals surface area contributed by atoms with Crippen LogP contribution in [0.4, 0.5) is 11.5 Å². The van der Waals surface area contributed by atoms with Gasteiger partial charge in [0.15, 0.2) is 17.4 Å². The molecule has 1 fully saturated rings. The molecule has 4 rings (SSSR count). The van der Waals surface area contributed by atoms with Gasteiger partial charge < -0.3 is 16.4 Å². The average Bonchev–Trinajstić information content (AvgIpc) is 2.79. The van der Waals surface area contributed by atoms with Crippen LogP contribution in [0, 0.1) is 0 Å². The van der Waals surface area contributed by atoms with E-state index in [1.807, 2.05) is 30.3 Å². The smallest absolute Gasteiger partial charge is 0.193 e. The zero-order chi connectivity index (χ0) is 21.8. The Morgan fingerprint density at radius 3 is 2.55 bits per heavy atom. The van der Waals surface area contributed by atoms with Crippen LogP contribution in [0.1, 0.15) is 44.8 Å². The molecule has 0 radical (unpaired) electrons. The molecule has 1 unspecified atom stereocenters. The first-order valence-electron chi connectivity index (χ1n) is 10.4. The molecule has 2 heterocycles. The van der Waals surface area contributed by atoms with Crippen LogP contribution in [0.25, 0.3) is 0 Å². The number of rotatable bonds is 6. The first-order chi connectivity index (χ1) is 15.0. The van der Waals surface area contributed by atoms with E-state index in [2.05, 4.69) is 14.9 Å². The van der Waals surface area contributed by atoms with Crippen molar-refractivity contribution in [2.45, 2.75) is 25.3 Å². The Hall–Kier alpha value is -3.58. The van der Waals surface area contributed by atoms with Crippen molar-refractivity contribution in [1.82, 2.24) is 9.97 Å². The van der Waals surface area contributed by atoms with Crippen molar-refractivity contribution in [3.05, 3.63) is 83.3 Å². The second-order valence-electron chi connectivity index (χ2n) is 7.78. The number of carbonyl (C=O) groups excluding carboxylic acids is 2. The van der Waals surface area contributed by atoms with Crippen LogP contribution in [-0.4, -0.2) is 40.7 Å². The van der Waals surface area contributed by atoms with Gasteiger partial charge in [-0.3, -0.25) is 9.59 Å². The minimum Gasteiger partial charge on any atom is -0.382 e. The Balaban J connectivity index is 1.70. The van der Waals surface area contributed by atoms with E-state index in [9.17, 15) is 9.59 Å². The molecule has 3 aromatic rings. The number of anilines is 2. The SMILES string of the molecule is Nc1nccnc1C(=O)Cc1cc(C(=O)c2ccccc2)ccc1N1CCCC(N)C1. The Bertz CT molecular complexity index is 1100. The van der Waals surface area contributed by atoms with Gasteiger partial charge in [0.25, 0.3) is 0 Å². The van der Waals surface area contributed by atoms with E-state index in [1.165, 1.54) is 12.4 Å². The lowest BCUT2D eigenvalue weighted by Crippen LogP contribution is -2.43. The van der Waals surface area contributed by atoms with Crippen LogP contribution >= 0.6 is 0 Å². The van der Waals surface area contributed by atoms with Gasteiger partial charge in [0.1, 0.15) is 5.69 Å². The molecule has 0 saturated carbocycles. The summed E-state index contributed by atoms with van der Waals surface area (Å²) in [6.07, 6.45) is 4.93. The molecule has 0 aliphatic carbocycles. The van der Waals surface area contributed by atoms with Crippen molar-refractivity contribution >= 4 is 23.1 Å². The van der Waals surface area contributed by atoms with Crippen molar-refractivity contribution < 1.29 is 9.59 Å². The van der Waals surface area contributed by atoms with Crippen LogP contribution < -0.4 is 16.4 Å². The summed E-state index contributed by atoms with van der Waals surface area (Å²) in [5, 5.41) is 0. The number of nitrogens with zero attached hydrogens (tertiary/aromatic N) is 3. The van der Waals surface area contributed by atoms with E-state index in [-0.39, 0.29) is 35.5 Å². The molecule has 0 bridgehead atoms. The highest BCUT2D eigenvalue weighted by molar-refractivity contribution is 6.09. The number of ketones is 2. The average molecular weight is 415 g/mol. The van der Waals surface area contributed by atoms with Crippen molar-refractivity contribution in [3.63, 3.8) is 0 Å². The Morgan fingerprint density at radius 1 is 1.03 bits per heavy atom. The molecule has 4 N–H and O–H groups in total. The summed E-state index contributed by atoms with van der Waals surface area (Å²) >= 11 is 0. The maximum atomic E-state index is 13.0. The number of aromatic nitrogens is 2. The Kier molecular flexibility index (Phi) is 6.04. The van der Waals surface area contributed by atoms with Gasteiger partial charge in [0, 0.05) is 54.8 Å². The molecule has 1 aromatic heterocycles. The fraction of sp³-hybridized carbons (Fsp3) is 0.250. The van der Waals surface area contributed by atoms with Gasteiger partial charge in [0.2, 0.25) is 0 Å². The van der Waals surface area contributed by atoms with E-state index in [1.54, 1.807) is 18.2 Å². The van der Waals surface area contributed by atoms with Gasteiger partial charge in [-0.15, -0.1) is 0 Å². The molecule has 0 amide bonds. The Morgan fingerprint density at radius 2 is 1.81 bits per heavy atom. The van der Waals surface area contributed by atoms with E-state index < -0.39 is 0 Å². The molecule has 1 saturated heterocycles. The van der Waals surface area contributed by atoms with Crippen molar-refractivity contribution in [2.24, 2.45) is 5.73 Å². The van der Waals surface area contributed by atoms with Gasteiger partial charge in [-0.2, -0.15) is 0 Å². The van der Waals surface area contributed by atoms with Crippen LogP contribution in [0.5, 0.6) is 0 Å². The standard InChI is InChI=1S/C24H25N5O2/c25-19-7-4-12-29(15-19)20-9-8-17(23(31)16-5-2-1-3-6-16)13-18(20)14-21(30)22-24(26)28-11-10-27-22/h1-3,5-6,8-11,13,19H,4,7,12,14-15,25H2,(H2,26,28). The molecule has 7 heteroatoms. The number of carbonyl (C=O) groups is 2. The molecule has 0 spiro atoms. The van der Waals surface area contributed by atoms with Crippen LogP contribution in [0.15, 0.2) is 60.9 Å². The summed E-state index contributed by atoms with van der Waals surface area (Å²) in [5.41, 5.74) is 15.0. The lowest BCUT2D eigenvalue weighted by molar-refractivity contribution is 0.0986. The lowest BCUT2D eigenvalue weighted by Gasteiger charge is -2.34. The fourth-order valence-corrected chi connectivity index (χ4v) is 3.98. The zero-order valence-electron chi connectivity index (χ0n) is 17.2. The number of hydrogen-bond acceptors (Lipinski definition) is 7. The number of benzene rings is 2. The van der Waals surface area contributed by atoms with Gasteiger partial charge in [0.05, 0.1) is 0 Å². The summed E-state index contributed by atoms with van der Waals surface area (Å²) < 4.78 is 0. The number of nitrogens with two attached hydrogens (primary N) is 2. The largest absolute Gasteiger partial charge is 0.382 e. The minimum atomic E-state index is -0.238. The van der Waals surface area contributed by atoms with Gasteiger partial charge in [-0.25, -0.2) is 9.97 Å². The van der Waals surface area contributed by atoms with Gasteiger partial charge >= 0.3 is 0 Å². The molecular formula is C24H25N5O2. The number of hydrogen-bond donors (Lipinski definition) is 2. The normalized spacial score (nSPS) is 16.2. The molecule has 1 aliphatic rings. The van der Waals surface area contributed by atoms with E-state index in [4.69, 9.17) is 11.5 Å². The topological polar surface area (TPSA) is 115 Å². The quantitative estimate of drug-likeness (QED) is 0.595. The molecular weight excluding hydrogens is 390 g/mol. The maximum Gasteiger partial charge on any atom is 0.193 e. The van der Waals surface area contributed by atoms with Crippen molar-refractivity contribution in [1.29, 1.82) is 0 Å². The first kappa shape index (κ1) is 20.7. The van der Waals surface area contributed by atoms with Crippen LogP contribution in [0.2, 0.25) is 0 Å².